The molecule has 1 aliphatic rings. The molecule has 2 amide bonds. The molecule has 2 rings (SSSR count). The minimum atomic E-state index is 0.0195. The lowest BCUT2D eigenvalue weighted by molar-refractivity contribution is -0.125. The topological polar surface area (TPSA) is 73.9 Å². The van der Waals surface area contributed by atoms with Crippen LogP contribution in [0.3, 0.4) is 0 Å². The van der Waals surface area contributed by atoms with Gasteiger partial charge in [0.15, 0.2) is 0 Å². The van der Waals surface area contributed by atoms with Crippen molar-refractivity contribution in [2.24, 2.45) is 0 Å². The van der Waals surface area contributed by atoms with Crippen LogP contribution in [0.25, 0.3) is 0 Å². The summed E-state index contributed by atoms with van der Waals surface area (Å²) in [5.74, 6) is 0.0562. The van der Waals surface area contributed by atoms with Gasteiger partial charge in [-0.2, -0.15) is 0 Å². The molecule has 1 saturated heterocycles. The third-order valence-electron chi connectivity index (χ3n) is 4.16. The Bertz CT molecular complexity index is 530. The third kappa shape index (κ3) is 7.64. The van der Waals surface area contributed by atoms with E-state index in [1.54, 1.807) is 7.11 Å². The molecule has 1 aliphatic heterocycles. The lowest BCUT2D eigenvalue weighted by atomic mass is 10.2. The zero-order valence-corrected chi connectivity index (χ0v) is 14.9. The van der Waals surface area contributed by atoms with Crippen LogP contribution >= 0.6 is 0 Å². The second-order valence-electron chi connectivity index (χ2n) is 6.16. The number of methoxy groups -OCH3 is 1. The molecule has 138 valence electrons. The molecule has 1 aromatic rings. The van der Waals surface area contributed by atoms with Crippen molar-refractivity contribution in [3.63, 3.8) is 0 Å². The average molecular weight is 348 g/mol. The smallest absolute Gasteiger partial charge is 0.234 e. The molecule has 0 saturated carbocycles. The summed E-state index contributed by atoms with van der Waals surface area (Å²) in [5.41, 5.74) is 1.10. The van der Waals surface area contributed by atoms with Crippen molar-refractivity contribution in [2.75, 3.05) is 59.5 Å². The fourth-order valence-electron chi connectivity index (χ4n) is 2.71. The number of piperazine rings is 1. The molecule has 7 nitrogen and oxygen atoms in total. The zero-order valence-electron chi connectivity index (χ0n) is 14.9. The van der Waals surface area contributed by atoms with E-state index in [9.17, 15) is 9.59 Å². The average Bonchev–Trinajstić information content (AvgIpc) is 2.63. The van der Waals surface area contributed by atoms with Crippen molar-refractivity contribution in [3.8, 4) is 0 Å². The van der Waals surface area contributed by atoms with E-state index >= 15 is 0 Å². The SMILES string of the molecule is COCCNC(=O)CN1CCN(CC(=O)NCc2ccccc2)CC1. The number of nitrogens with one attached hydrogen (secondary N) is 2. The molecule has 1 aromatic carbocycles. The molecular weight excluding hydrogens is 320 g/mol. The Balaban J connectivity index is 1.60. The molecule has 25 heavy (non-hydrogen) atoms. The van der Waals surface area contributed by atoms with Gasteiger partial charge in [0.05, 0.1) is 19.7 Å². The molecule has 0 aliphatic carbocycles. The van der Waals surface area contributed by atoms with Crippen molar-refractivity contribution in [1.82, 2.24) is 20.4 Å². The lowest BCUT2D eigenvalue weighted by Crippen LogP contribution is -2.51. The molecule has 1 heterocycles. The zero-order chi connectivity index (χ0) is 17.9. The van der Waals surface area contributed by atoms with Crippen molar-refractivity contribution < 1.29 is 14.3 Å². The van der Waals surface area contributed by atoms with E-state index < -0.39 is 0 Å². The molecule has 0 unspecified atom stereocenters. The summed E-state index contributed by atoms with van der Waals surface area (Å²) in [6, 6.07) is 9.88. The van der Waals surface area contributed by atoms with Crippen molar-refractivity contribution >= 4 is 11.8 Å². The number of hydrogen-bond donors (Lipinski definition) is 2. The molecule has 0 spiro atoms. The number of carbonyl (C=O) groups is 2. The summed E-state index contributed by atoms with van der Waals surface area (Å²) in [5, 5.41) is 5.77. The van der Waals surface area contributed by atoms with Crippen LogP contribution in [0.4, 0.5) is 0 Å². The quantitative estimate of drug-likeness (QED) is 0.599. The summed E-state index contributed by atoms with van der Waals surface area (Å²) in [4.78, 5) is 28.1. The van der Waals surface area contributed by atoms with Gasteiger partial charge >= 0.3 is 0 Å². The van der Waals surface area contributed by atoms with Gasteiger partial charge in [0.25, 0.3) is 0 Å². The van der Waals surface area contributed by atoms with E-state index in [0.717, 1.165) is 31.7 Å². The summed E-state index contributed by atoms with van der Waals surface area (Å²) in [7, 11) is 1.61. The van der Waals surface area contributed by atoms with Gasteiger partial charge in [-0.25, -0.2) is 0 Å². The minimum Gasteiger partial charge on any atom is -0.383 e. The fourth-order valence-corrected chi connectivity index (χ4v) is 2.71. The van der Waals surface area contributed by atoms with E-state index in [-0.39, 0.29) is 11.8 Å². The number of rotatable bonds is 9. The normalized spacial score (nSPS) is 15.7. The molecule has 7 heteroatoms. The van der Waals surface area contributed by atoms with Crippen molar-refractivity contribution in [1.29, 1.82) is 0 Å². The predicted octanol–water partition coefficient (Wildman–Crippen LogP) is -0.317. The van der Waals surface area contributed by atoms with E-state index in [4.69, 9.17) is 4.74 Å². The second-order valence-corrected chi connectivity index (χ2v) is 6.16. The molecule has 2 N–H and O–H groups in total. The van der Waals surface area contributed by atoms with Gasteiger partial charge in [-0.1, -0.05) is 30.3 Å². The maximum absolute atomic E-state index is 12.0. The highest BCUT2D eigenvalue weighted by Crippen LogP contribution is 2.02. The Labute approximate surface area is 149 Å². The Kier molecular flexibility index (Phi) is 8.38. The van der Waals surface area contributed by atoms with E-state index in [0.29, 0.717) is 32.8 Å². The molecule has 0 atom stereocenters. The Hall–Kier alpha value is -1.96. The van der Waals surface area contributed by atoms with Gasteiger partial charge in [0.1, 0.15) is 0 Å². The van der Waals surface area contributed by atoms with Crippen LogP contribution in [0.1, 0.15) is 5.56 Å². The summed E-state index contributed by atoms with van der Waals surface area (Å²) >= 11 is 0. The molecule has 0 radical (unpaired) electrons. The van der Waals surface area contributed by atoms with Crippen LogP contribution in [-0.2, 0) is 20.9 Å². The number of benzene rings is 1. The Morgan fingerprint density at radius 2 is 1.52 bits per heavy atom. The van der Waals surface area contributed by atoms with E-state index in [1.165, 1.54) is 0 Å². The predicted molar refractivity (Wildman–Crippen MR) is 96.1 cm³/mol. The Morgan fingerprint density at radius 1 is 0.960 bits per heavy atom. The highest BCUT2D eigenvalue weighted by molar-refractivity contribution is 5.78. The van der Waals surface area contributed by atoms with Gasteiger partial charge in [-0.3, -0.25) is 19.4 Å². The molecular formula is C18H28N4O3. The van der Waals surface area contributed by atoms with E-state index in [1.807, 2.05) is 30.3 Å². The largest absolute Gasteiger partial charge is 0.383 e. The highest BCUT2D eigenvalue weighted by Gasteiger charge is 2.20. The number of amides is 2. The van der Waals surface area contributed by atoms with Crippen LogP contribution in [-0.4, -0.2) is 81.1 Å². The van der Waals surface area contributed by atoms with Crippen LogP contribution in [0.5, 0.6) is 0 Å². The maximum atomic E-state index is 12.0. The lowest BCUT2D eigenvalue weighted by Gasteiger charge is -2.33. The Morgan fingerprint density at radius 3 is 2.08 bits per heavy atom. The number of hydrogen-bond acceptors (Lipinski definition) is 5. The van der Waals surface area contributed by atoms with Gasteiger partial charge in [0.2, 0.25) is 11.8 Å². The summed E-state index contributed by atoms with van der Waals surface area (Å²) < 4.78 is 4.91. The summed E-state index contributed by atoms with van der Waals surface area (Å²) in [6.45, 7) is 5.61. The monoisotopic (exact) mass is 348 g/mol. The molecule has 1 fully saturated rings. The highest BCUT2D eigenvalue weighted by atomic mass is 16.5. The number of ether oxygens (including phenoxy) is 1. The van der Waals surface area contributed by atoms with Crippen LogP contribution in [0.2, 0.25) is 0 Å². The van der Waals surface area contributed by atoms with Gasteiger partial charge in [-0.15, -0.1) is 0 Å². The van der Waals surface area contributed by atoms with Gasteiger partial charge in [0, 0.05) is 46.4 Å². The first kappa shape index (κ1) is 19.4. The van der Waals surface area contributed by atoms with Gasteiger partial charge in [-0.05, 0) is 5.56 Å². The van der Waals surface area contributed by atoms with E-state index in [2.05, 4.69) is 20.4 Å². The first-order chi connectivity index (χ1) is 12.2. The first-order valence-corrected chi connectivity index (χ1v) is 8.68. The van der Waals surface area contributed by atoms with Crippen molar-refractivity contribution in [3.05, 3.63) is 35.9 Å². The summed E-state index contributed by atoms with van der Waals surface area (Å²) in [6.07, 6.45) is 0. The second kappa shape index (κ2) is 10.8. The fraction of sp³-hybridized carbons (Fsp3) is 0.556. The van der Waals surface area contributed by atoms with Crippen molar-refractivity contribution in [2.45, 2.75) is 6.54 Å². The number of nitrogens with zero attached hydrogens (tertiary/aromatic N) is 2. The molecule has 0 bridgehead atoms. The minimum absolute atomic E-state index is 0.0195. The third-order valence-corrected chi connectivity index (χ3v) is 4.16. The first-order valence-electron chi connectivity index (χ1n) is 8.68. The molecule has 0 aromatic heterocycles. The number of carbonyl (C=O) groups excluding carboxylic acids is 2. The van der Waals surface area contributed by atoms with Crippen LogP contribution < -0.4 is 10.6 Å². The maximum Gasteiger partial charge on any atom is 0.234 e. The van der Waals surface area contributed by atoms with Crippen LogP contribution in [0.15, 0.2) is 30.3 Å². The van der Waals surface area contributed by atoms with Gasteiger partial charge < -0.3 is 15.4 Å². The standard InChI is InChI=1S/C18H28N4O3/c1-25-12-7-19-17(23)14-21-8-10-22(11-9-21)15-18(24)20-13-16-5-3-2-4-6-16/h2-6H,7-15H2,1H3,(H,19,23)(H,20,24). The van der Waals surface area contributed by atoms with Crippen LogP contribution in [0, 0.1) is 0 Å².